The molecule has 4 rings (SSSR count). The Hall–Kier alpha value is -3.11. The molecule has 0 amide bonds. The summed E-state index contributed by atoms with van der Waals surface area (Å²) in [6, 6.07) is 16.3. The van der Waals surface area contributed by atoms with Crippen molar-refractivity contribution in [2.45, 2.75) is 12.8 Å². The number of aromatic nitrogens is 2. The van der Waals surface area contributed by atoms with Crippen molar-refractivity contribution in [2.75, 3.05) is 0 Å². The fraction of sp³-hybridized carbons (Fsp3) is 0.100. The average molecular weight is 425 g/mol. The molecule has 134 valence electrons. The maximum absolute atomic E-state index is 13.7. The van der Waals surface area contributed by atoms with Crippen molar-refractivity contribution in [1.82, 2.24) is 9.78 Å². The molecule has 1 aliphatic heterocycles. The summed E-state index contributed by atoms with van der Waals surface area (Å²) in [6.45, 7) is 1.85. The number of halogens is 2. The molecule has 1 aromatic heterocycles. The van der Waals surface area contributed by atoms with E-state index in [4.69, 9.17) is 10.5 Å². The second-order valence-corrected chi connectivity index (χ2v) is 7.00. The van der Waals surface area contributed by atoms with Gasteiger partial charge in [0.2, 0.25) is 11.8 Å². The Morgan fingerprint density at radius 1 is 1.26 bits per heavy atom. The highest BCUT2D eigenvalue weighted by Gasteiger charge is 2.36. The van der Waals surface area contributed by atoms with E-state index in [0.717, 1.165) is 16.8 Å². The molecule has 5 nitrogen and oxygen atoms in total. The Morgan fingerprint density at radius 2 is 2.00 bits per heavy atom. The maximum atomic E-state index is 13.7. The molecule has 0 saturated heterocycles. The first-order chi connectivity index (χ1) is 13.0. The number of nitriles is 1. The Balaban J connectivity index is 1.97. The minimum atomic E-state index is -0.492. The summed E-state index contributed by atoms with van der Waals surface area (Å²) in [6.07, 6.45) is 0. The first kappa shape index (κ1) is 17.3. The number of rotatable bonds is 2. The molecule has 2 N–H and O–H groups in total. The van der Waals surface area contributed by atoms with Crippen LogP contribution in [-0.4, -0.2) is 9.78 Å². The third kappa shape index (κ3) is 2.78. The van der Waals surface area contributed by atoms with Gasteiger partial charge in [-0.15, -0.1) is 0 Å². The maximum Gasteiger partial charge on any atom is 0.229 e. The lowest BCUT2D eigenvalue weighted by atomic mass is 9.84. The minimum absolute atomic E-state index is 0.0209. The summed E-state index contributed by atoms with van der Waals surface area (Å²) in [5.41, 5.74) is 9.32. The van der Waals surface area contributed by atoms with Gasteiger partial charge in [-0.25, -0.2) is 9.07 Å². The van der Waals surface area contributed by atoms with Crippen LogP contribution in [0.5, 0.6) is 5.88 Å². The van der Waals surface area contributed by atoms with Gasteiger partial charge >= 0.3 is 0 Å². The largest absolute Gasteiger partial charge is 0.422 e. The quantitative estimate of drug-likeness (QED) is 0.664. The Kier molecular flexibility index (Phi) is 4.21. The summed E-state index contributed by atoms with van der Waals surface area (Å²) < 4.78 is 21.5. The molecule has 0 spiro atoms. The number of benzene rings is 2. The fourth-order valence-corrected chi connectivity index (χ4v) is 3.68. The van der Waals surface area contributed by atoms with Gasteiger partial charge in [0.05, 0.1) is 27.3 Å². The van der Waals surface area contributed by atoms with Gasteiger partial charge < -0.3 is 10.5 Å². The van der Waals surface area contributed by atoms with Crippen LogP contribution in [0, 0.1) is 24.1 Å². The predicted molar refractivity (Wildman–Crippen MR) is 102 cm³/mol. The van der Waals surface area contributed by atoms with E-state index in [1.165, 1.54) is 6.07 Å². The first-order valence-electron chi connectivity index (χ1n) is 8.18. The Morgan fingerprint density at radius 3 is 2.67 bits per heavy atom. The Bertz CT molecular complexity index is 1120. The molecule has 0 saturated carbocycles. The van der Waals surface area contributed by atoms with Crippen LogP contribution in [0.3, 0.4) is 0 Å². The topological polar surface area (TPSA) is 76.9 Å². The van der Waals surface area contributed by atoms with E-state index in [0.29, 0.717) is 16.0 Å². The molecule has 0 unspecified atom stereocenters. The smallest absolute Gasteiger partial charge is 0.229 e. The second kappa shape index (κ2) is 6.56. The van der Waals surface area contributed by atoms with Crippen molar-refractivity contribution < 1.29 is 9.13 Å². The summed E-state index contributed by atoms with van der Waals surface area (Å²) >= 11 is 3.21. The highest BCUT2D eigenvalue weighted by Crippen LogP contribution is 2.45. The summed E-state index contributed by atoms with van der Waals surface area (Å²) in [4.78, 5) is 0. The molecule has 0 aliphatic carbocycles. The van der Waals surface area contributed by atoms with Crippen molar-refractivity contribution in [1.29, 1.82) is 5.26 Å². The van der Waals surface area contributed by atoms with Crippen molar-refractivity contribution in [3.8, 4) is 17.6 Å². The van der Waals surface area contributed by atoms with Gasteiger partial charge in [-0.2, -0.15) is 10.4 Å². The SMILES string of the molecule is Cc1nn(-c2ccccc2)c2c1[C@H](c1ccc(F)c(Br)c1)C(C#N)=C(N)O2. The number of ether oxygens (including phenoxy) is 1. The number of fused-ring (bicyclic) bond motifs is 1. The molecule has 3 aromatic rings. The summed E-state index contributed by atoms with van der Waals surface area (Å²) in [5, 5.41) is 14.3. The zero-order chi connectivity index (χ0) is 19.1. The molecule has 0 bridgehead atoms. The van der Waals surface area contributed by atoms with Crippen LogP contribution in [0.15, 0.2) is 64.5 Å². The third-order valence-corrected chi connectivity index (χ3v) is 5.12. The van der Waals surface area contributed by atoms with E-state index >= 15 is 0 Å². The highest BCUT2D eigenvalue weighted by atomic mass is 79.9. The molecule has 2 aromatic carbocycles. The van der Waals surface area contributed by atoms with Crippen LogP contribution in [0.1, 0.15) is 22.7 Å². The van der Waals surface area contributed by atoms with Gasteiger partial charge in [-0.05, 0) is 52.7 Å². The summed E-state index contributed by atoms with van der Waals surface area (Å²) in [7, 11) is 0. The van der Waals surface area contributed by atoms with Crippen LogP contribution in [0.4, 0.5) is 4.39 Å². The summed E-state index contributed by atoms with van der Waals surface area (Å²) in [5.74, 6) is -0.389. The normalized spacial score (nSPS) is 15.9. The van der Waals surface area contributed by atoms with E-state index in [-0.39, 0.29) is 17.3 Å². The third-order valence-electron chi connectivity index (χ3n) is 4.51. The monoisotopic (exact) mass is 424 g/mol. The predicted octanol–water partition coefficient (Wildman–Crippen LogP) is 4.30. The fourth-order valence-electron chi connectivity index (χ4n) is 3.28. The van der Waals surface area contributed by atoms with Gasteiger partial charge in [0, 0.05) is 0 Å². The van der Waals surface area contributed by atoms with Crippen LogP contribution in [-0.2, 0) is 0 Å². The van der Waals surface area contributed by atoms with Crippen molar-refractivity contribution in [3.63, 3.8) is 0 Å². The lowest BCUT2D eigenvalue weighted by Gasteiger charge is -2.25. The van der Waals surface area contributed by atoms with Gasteiger partial charge in [0.1, 0.15) is 17.5 Å². The number of hydrogen-bond acceptors (Lipinski definition) is 4. The number of nitrogens with two attached hydrogens (primary N) is 1. The van der Waals surface area contributed by atoms with Crippen molar-refractivity contribution >= 4 is 15.9 Å². The van der Waals surface area contributed by atoms with Crippen LogP contribution >= 0.6 is 15.9 Å². The lowest BCUT2D eigenvalue weighted by molar-refractivity contribution is 0.367. The molecule has 27 heavy (non-hydrogen) atoms. The van der Waals surface area contributed by atoms with Crippen LogP contribution in [0.25, 0.3) is 5.69 Å². The number of hydrogen-bond donors (Lipinski definition) is 1. The molecule has 0 radical (unpaired) electrons. The van der Waals surface area contributed by atoms with E-state index < -0.39 is 5.92 Å². The Labute approximate surface area is 163 Å². The number of allylic oxidation sites excluding steroid dienone is 1. The molecule has 1 atom stereocenters. The average Bonchev–Trinajstić information content (AvgIpc) is 2.99. The first-order valence-corrected chi connectivity index (χ1v) is 8.98. The van der Waals surface area contributed by atoms with Crippen LogP contribution < -0.4 is 10.5 Å². The van der Waals surface area contributed by atoms with E-state index in [9.17, 15) is 9.65 Å². The van der Waals surface area contributed by atoms with E-state index in [1.807, 2.05) is 37.3 Å². The number of aryl methyl sites for hydroxylation is 1. The molecule has 2 heterocycles. The molecule has 7 heteroatoms. The van der Waals surface area contributed by atoms with Crippen molar-refractivity contribution in [3.05, 3.63) is 87.1 Å². The van der Waals surface area contributed by atoms with E-state index in [1.54, 1.807) is 16.8 Å². The minimum Gasteiger partial charge on any atom is -0.422 e. The zero-order valence-corrected chi connectivity index (χ0v) is 15.9. The van der Waals surface area contributed by atoms with Gasteiger partial charge in [-0.1, -0.05) is 24.3 Å². The van der Waals surface area contributed by atoms with Crippen molar-refractivity contribution in [2.24, 2.45) is 5.73 Å². The van der Waals surface area contributed by atoms with Gasteiger partial charge in [-0.3, -0.25) is 0 Å². The molecular weight excluding hydrogens is 411 g/mol. The van der Waals surface area contributed by atoms with Crippen LogP contribution in [0.2, 0.25) is 0 Å². The molecule has 0 fully saturated rings. The number of para-hydroxylation sites is 1. The highest BCUT2D eigenvalue weighted by molar-refractivity contribution is 9.10. The lowest BCUT2D eigenvalue weighted by Crippen LogP contribution is -2.22. The van der Waals surface area contributed by atoms with Gasteiger partial charge in [0.15, 0.2) is 0 Å². The molecule has 1 aliphatic rings. The second-order valence-electron chi connectivity index (χ2n) is 6.15. The molecular formula is C20H14BrFN4O. The van der Waals surface area contributed by atoms with E-state index in [2.05, 4.69) is 27.1 Å². The zero-order valence-electron chi connectivity index (χ0n) is 14.3. The van der Waals surface area contributed by atoms with Gasteiger partial charge in [0.25, 0.3) is 0 Å². The standard InChI is InChI=1S/C20H14BrFN4O/c1-11-17-18(12-7-8-16(22)15(21)9-12)14(10-23)19(24)27-20(17)26(25-11)13-5-3-2-4-6-13/h2-9,18H,24H2,1H3/t18-/m1/s1. The number of nitrogens with zero attached hydrogens (tertiary/aromatic N) is 3.